The normalized spacial score (nSPS) is 21.4. The summed E-state index contributed by atoms with van der Waals surface area (Å²) in [4.78, 5) is 7.76. The quantitative estimate of drug-likeness (QED) is 0.514. The molecule has 0 amide bonds. The van der Waals surface area contributed by atoms with Gasteiger partial charge >= 0.3 is 6.36 Å². The molecule has 0 unspecified atom stereocenters. The number of fused-ring (bicyclic) bond motifs is 1. The average molecular weight is 478 g/mol. The summed E-state index contributed by atoms with van der Waals surface area (Å²) in [5.41, 5.74) is 1.69. The first-order chi connectivity index (χ1) is 15.8. The van der Waals surface area contributed by atoms with Crippen LogP contribution in [0.2, 0.25) is 0 Å². The Morgan fingerprint density at radius 2 is 1.97 bits per heavy atom. The Balaban J connectivity index is 1.10. The molecule has 3 aliphatic rings. The predicted octanol–water partition coefficient (Wildman–Crippen LogP) is 5.42. The standard InChI is InChI=1S/C23H26F3N5OS/c24-23(25,26)32-18-3-1-2-16(10-18)19-13-27-21-31(19)29-20(33-21)28-17-11-22(12-17)6-8-30(9-7-22)14-15-4-5-15/h1-3,10,13,15,17H,4-9,11-12,14H2,(H,28,29). The molecule has 3 fully saturated rings. The predicted molar refractivity (Wildman–Crippen MR) is 120 cm³/mol. The number of aromatic nitrogens is 3. The Labute approximate surface area is 193 Å². The topological polar surface area (TPSA) is 54.7 Å². The third-order valence-corrected chi connectivity index (χ3v) is 8.12. The van der Waals surface area contributed by atoms with E-state index in [4.69, 9.17) is 0 Å². The summed E-state index contributed by atoms with van der Waals surface area (Å²) < 4.78 is 43.5. The van der Waals surface area contributed by atoms with Gasteiger partial charge in [0, 0.05) is 18.2 Å². The summed E-state index contributed by atoms with van der Waals surface area (Å²) in [6.07, 6.45) is 4.67. The summed E-state index contributed by atoms with van der Waals surface area (Å²) in [5.74, 6) is 0.703. The summed E-state index contributed by atoms with van der Waals surface area (Å²) in [5, 5.41) is 9.01. The minimum atomic E-state index is -4.73. The van der Waals surface area contributed by atoms with Crippen LogP contribution in [0.25, 0.3) is 16.2 Å². The van der Waals surface area contributed by atoms with Crippen LogP contribution in [-0.2, 0) is 0 Å². The van der Waals surface area contributed by atoms with Gasteiger partial charge in [0.25, 0.3) is 0 Å². The van der Waals surface area contributed by atoms with Crippen molar-refractivity contribution in [1.82, 2.24) is 19.5 Å². The van der Waals surface area contributed by atoms with Gasteiger partial charge in [-0.1, -0.05) is 23.5 Å². The van der Waals surface area contributed by atoms with E-state index in [0.29, 0.717) is 27.7 Å². The molecule has 176 valence electrons. The highest BCUT2D eigenvalue weighted by Gasteiger charge is 2.46. The lowest BCUT2D eigenvalue weighted by Gasteiger charge is -2.52. The second kappa shape index (κ2) is 7.87. The smallest absolute Gasteiger partial charge is 0.406 e. The first kappa shape index (κ1) is 21.2. The summed E-state index contributed by atoms with van der Waals surface area (Å²) in [6, 6.07) is 6.32. The van der Waals surface area contributed by atoms with Gasteiger partial charge in [0.05, 0.1) is 11.9 Å². The highest BCUT2D eigenvalue weighted by molar-refractivity contribution is 7.20. The molecule has 0 bridgehead atoms. The molecule has 0 radical (unpaired) electrons. The summed E-state index contributed by atoms with van der Waals surface area (Å²) in [7, 11) is 0. The van der Waals surface area contributed by atoms with Gasteiger partial charge in [0.15, 0.2) is 0 Å². The number of nitrogens with zero attached hydrogens (tertiary/aromatic N) is 4. The van der Waals surface area contributed by atoms with Gasteiger partial charge < -0.3 is 15.0 Å². The Kier molecular flexibility index (Phi) is 5.06. The summed E-state index contributed by atoms with van der Waals surface area (Å²) in [6.45, 7) is 3.76. The number of nitrogens with one attached hydrogen (secondary N) is 1. The van der Waals surface area contributed by atoms with Crippen LogP contribution in [0.15, 0.2) is 30.5 Å². The van der Waals surface area contributed by atoms with Crippen molar-refractivity contribution in [3.05, 3.63) is 30.5 Å². The van der Waals surface area contributed by atoms with Crippen molar-refractivity contribution in [2.45, 2.75) is 50.9 Å². The Morgan fingerprint density at radius 3 is 2.70 bits per heavy atom. The van der Waals surface area contributed by atoms with Gasteiger partial charge in [0.2, 0.25) is 10.1 Å². The van der Waals surface area contributed by atoms with Gasteiger partial charge in [0.1, 0.15) is 5.75 Å². The van der Waals surface area contributed by atoms with Crippen molar-refractivity contribution < 1.29 is 17.9 Å². The van der Waals surface area contributed by atoms with E-state index in [2.05, 4.69) is 25.0 Å². The van der Waals surface area contributed by atoms with Crippen LogP contribution in [0.5, 0.6) is 5.75 Å². The van der Waals surface area contributed by atoms with Crippen molar-refractivity contribution in [2.24, 2.45) is 11.3 Å². The van der Waals surface area contributed by atoms with Crippen LogP contribution in [0.3, 0.4) is 0 Å². The van der Waals surface area contributed by atoms with Crippen molar-refractivity contribution in [1.29, 1.82) is 0 Å². The molecular weight excluding hydrogens is 451 g/mol. The molecule has 33 heavy (non-hydrogen) atoms. The molecular formula is C23H26F3N5OS. The number of halogens is 3. The number of likely N-dealkylation sites (tertiary alicyclic amines) is 1. The average Bonchev–Trinajstić information content (AvgIpc) is 3.33. The maximum atomic E-state index is 12.6. The third kappa shape index (κ3) is 4.55. The Morgan fingerprint density at radius 1 is 1.18 bits per heavy atom. The van der Waals surface area contributed by atoms with Crippen LogP contribution in [-0.4, -0.2) is 51.5 Å². The maximum absolute atomic E-state index is 12.6. The van der Waals surface area contributed by atoms with E-state index >= 15 is 0 Å². The van der Waals surface area contributed by atoms with E-state index in [1.807, 2.05) is 0 Å². The molecule has 2 saturated carbocycles. The molecule has 1 aliphatic heterocycles. The molecule has 1 spiro atoms. The molecule has 10 heteroatoms. The number of hydrogen-bond acceptors (Lipinski definition) is 6. The maximum Gasteiger partial charge on any atom is 0.573 e. The Hall–Kier alpha value is -2.33. The molecule has 6 nitrogen and oxygen atoms in total. The van der Waals surface area contributed by atoms with Crippen LogP contribution >= 0.6 is 11.3 Å². The zero-order valence-electron chi connectivity index (χ0n) is 18.1. The number of hydrogen-bond donors (Lipinski definition) is 1. The zero-order valence-corrected chi connectivity index (χ0v) is 19.0. The van der Waals surface area contributed by atoms with Gasteiger partial charge in [-0.05, 0) is 75.1 Å². The first-order valence-corrected chi connectivity index (χ1v) is 12.4. The molecule has 3 aromatic rings. The highest BCUT2D eigenvalue weighted by atomic mass is 32.1. The van der Waals surface area contributed by atoms with E-state index < -0.39 is 6.36 Å². The lowest BCUT2D eigenvalue weighted by molar-refractivity contribution is -0.274. The second-order valence-corrected chi connectivity index (χ2v) is 10.8. The van der Waals surface area contributed by atoms with Gasteiger partial charge in [-0.2, -0.15) is 0 Å². The van der Waals surface area contributed by atoms with E-state index in [-0.39, 0.29) is 5.75 Å². The number of imidazole rings is 1. The van der Waals surface area contributed by atoms with Crippen molar-refractivity contribution in [3.63, 3.8) is 0 Å². The minimum absolute atomic E-state index is 0.258. The van der Waals surface area contributed by atoms with Gasteiger partial charge in [-0.15, -0.1) is 18.3 Å². The number of ether oxygens (including phenoxy) is 1. The number of piperidine rings is 1. The number of benzene rings is 1. The molecule has 6 rings (SSSR count). The van der Waals surface area contributed by atoms with Gasteiger partial charge in [-0.3, -0.25) is 0 Å². The van der Waals surface area contributed by atoms with Crippen LogP contribution < -0.4 is 10.1 Å². The number of rotatable bonds is 6. The second-order valence-electron chi connectivity index (χ2n) is 9.81. The molecule has 3 heterocycles. The molecule has 2 aliphatic carbocycles. The summed E-state index contributed by atoms with van der Waals surface area (Å²) >= 11 is 1.46. The van der Waals surface area contributed by atoms with Crippen molar-refractivity contribution in [2.75, 3.05) is 25.0 Å². The molecule has 0 atom stereocenters. The number of anilines is 1. The largest absolute Gasteiger partial charge is 0.573 e. The SMILES string of the molecule is FC(F)(F)Oc1cccc(-c2cnc3sc(NC4CC5(CCN(CC6CC6)CC5)C4)nn23)c1. The number of alkyl halides is 3. The van der Waals surface area contributed by atoms with E-state index in [1.165, 1.54) is 87.7 Å². The Bertz CT molecular complexity index is 1140. The first-order valence-electron chi connectivity index (χ1n) is 11.5. The lowest BCUT2D eigenvalue weighted by Crippen LogP contribution is -2.51. The van der Waals surface area contributed by atoms with Crippen molar-refractivity contribution >= 4 is 21.4 Å². The fourth-order valence-electron chi connectivity index (χ4n) is 5.35. The lowest BCUT2D eigenvalue weighted by atomic mass is 9.60. The van der Waals surface area contributed by atoms with Gasteiger partial charge in [-0.25, -0.2) is 9.50 Å². The monoisotopic (exact) mass is 477 g/mol. The van der Waals surface area contributed by atoms with E-state index in [0.717, 1.165) is 11.0 Å². The third-order valence-electron chi connectivity index (χ3n) is 7.27. The molecule has 1 N–H and O–H groups in total. The fourth-order valence-corrected chi connectivity index (χ4v) is 6.20. The zero-order chi connectivity index (χ0) is 22.6. The molecule has 1 saturated heterocycles. The van der Waals surface area contributed by atoms with Crippen LogP contribution in [0, 0.1) is 11.3 Å². The molecule has 1 aromatic carbocycles. The minimum Gasteiger partial charge on any atom is -0.406 e. The van der Waals surface area contributed by atoms with Crippen LogP contribution in [0.4, 0.5) is 18.3 Å². The van der Waals surface area contributed by atoms with Crippen LogP contribution in [0.1, 0.15) is 38.5 Å². The van der Waals surface area contributed by atoms with E-state index in [9.17, 15) is 13.2 Å². The highest BCUT2D eigenvalue weighted by Crippen LogP contribution is 2.50. The fraction of sp³-hybridized carbons (Fsp3) is 0.565. The molecule has 2 aromatic heterocycles. The van der Waals surface area contributed by atoms with Crippen molar-refractivity contribution in [3.8, 4) is 17.0 Å². The van der Waals surface area contributed by atoms with E-state index in [1.54, 1.807) is 16.8 Å².